The van der Waals surface area contributed by atoms with Crippen molar-refractivity contribution in [2.45, 2.75) is 25.8 Å². The largest absolute Gasteiger partial charge is 0.365 e. The van der Waals surface area contributed by atoms with Crippen LogP contribution in [0, 0.1) is 0 Å². The molecule has 1 aromatic carbocycles. The molecule has 110 valence electrons. The minimum Gasteiger partial charge on any atom is -0.365 e. The molecule has 6 heteroatoms. The van der Waals surface area contributed by atoms with Crippen LogP contribution < -0.4 is 10.2 Å². The number of halogens is 1. The quantitative estimate of drug-likeness (QED) is 0.940. The van der Waals surface area contributed by atoms with E-state index in [4.69, 9.17) is 11.6 Å². The summed E-state index contributed by atoms with van der Waals surface area (Å²) in [5.74, 6) is 1.47. The molecule has 0 amide bonds. The maximum atomic E-state index is 5.88. The molecule has 1 fully saturated rings. The van der Waals surface area contributed by atoms with E-state index in [0.29, 0.717) is 6.54 Å². The third-order valence-electron chi connectivity index (χ3n) is 3.57. The average molecular weight is 304 g/mol. The highest BCUT2D eigenvalue weighted by Gasteiger charge is 2.14. The number of hydrogen-bond donors (Lipinski definition) is 1. The number of anilines is 2. The molecule has 0 bridgehead atoms. The number of benzene rings is 1. The maximum absolute atomic E-state index is 5.88. The maximum Gasteiger partial charge on any atom is 0.247 e. The number of rotatable bonds is 4. The minimum absolute atomic E-state index is 0.690. The Balaban J connectivity index is 1.64. The summed E-state index contributed by atoms with van der Waals surface area (Å²) >= 11 is 5.88. The average Bonchev–Trinajstić information content (AvgIpc) is 2.55. The van der Waals surface area contributed by atoms with E-state index < -0.39 is 0 Å². The van der Waals surface area contributed by atoms with Crippen LogP contribution in [0.5, 0.6) is 0 Å². The summed E-state index contributed by atoms with van der Waals surface area (Å²) in [4.78, 5) is 6.74. The Bertz CT molecular complexity index is 581. The lowest BCUT2D eigenvalue weighted by Gasteiger charge is -2.26. The van der Waals surface area contributed by atoms with Gasteiger partial charge in [-0.15, -0.1) is 5.10 Å². The van der Waals surface area contributed by atoms with Crippen molar-refractivity contribution in [1.82, 2.24) is 15.2 Å². The molecular formula is C15H18ClN5. The van der Waals surface area contributed by atoms with Gasteiger partial charge in [0.15, 0.2) is 5.82 Å². The Labute approximate surface area is 129 Å². The Morgan fingerprint density at radius 1 is 1.10 bits per heavy atom. The van der Waals surface area contributed by atoms with Gasteiger partial charge in [-0.2, -0.15) is 10.1 Å². The molecule has 1 aliphatic heterocycles. The molecule has 2 aromatic rings. The number of nitrogens with one attached hydrogen (secondary N) is 1. The second-order valence-electron chi connectivity index (χ2n) is 5.17. The molecule has 3 rings (SSSR count). The molecule has 1 N–H and O–H groups in total. The predicted octanol–water partition coefficient (Wildman–Crippen LogP) is 3.13. The molecule has 0 saturated carbocycles. The molecule has 0 aliphatic carbocycles. The Kier molecular flexibility index (Phi) is 4.50. The summed E-state index contributed by atoms with van der Waals surface area (Å²) in [6.07, 6.45) is 5.35. The molecule has 1 aliphatic rings. The van der Waals surface area contributed by atoms with Crippen molar-refractivity contribution in [3.63, 3.8) is 0 Å². The van der Waals surface area contributed by atoms with Crippen molar-refractivity contribution in [3.8, 4) is 0 Å². The zero-order valence-electron chi connectivity index (χ0n) is 11.8. The van der Waals surface area contributed by atoms with Gasteiger partial charge in [-0.1, -0.05) is 23.7 Å². The van der Waals surface area contributed by atoms with Gasteiger partial charge in [0.1, 0.15) is 0 Å². The van der Waals surface area contributed by atoms with Gasteiger partial charge in [-0.25, -0.2) is 0 Å². The van der Waals surface area contributed by atoms with E-state index in [1.54, 1.807) is 6.20 Å². The van der Waals surface area contributed by atoms with Gasteiger partial charge in [0.05, 0.1) is 6.20 Å². The van der Waals surface area contributed by atoms with Crippen LogP contribution in [0.2, 0.25) is 5.02 Å². The normalized spacial score (nSPS) is 15.0. The van der Waals surface area contributed by atoms with Crippen LogP contribution in [-0.2, 0) is 6.54 Å². The van der Waals surface area contributed by atoms with Crippen LogP contribution >= 0.6 is 11.6 Å². The molecule has 5 nitrogen and oxygen atoms in total. The lowest BCUT2D eigenvalue weighted by molar-refractivity contribution is 0.565. The van der Waals surface area contributed by atoms with Crippen LogP contribution in [0.25, 0.3) is 0 Å². The van der Waals surface area contributed by atoms with Gasteiger partial charge in [0, 0.05) is 24.7 Å². The molecule has 0 unspecified atom stereocenters. The molecule has 1 aromatic heterocycles. The van der Waals surface area contributed by atoms with Gasteiger partial charge in [-0.3, -0.25) is 0 Å². The molecule has 1 saturated heterocycles. The number of piperidine rings is 1. The van der Waals surface area contributed by atoms with Gasteiger partial charge >= 0.3 is 0 Å². The van der Waals surface area contributed by atoms with E-state index >= 15 is 0 Å². The first-order valence-corrected chi connectivity index (χ1v) is 7.62. The van der Waals surface area contributed by atoms with Crippen molar-refractivity contribution >= 4 is 23.4 Å². The van der Waals surface area contributed by atoms with Crippen molar-refractivity contribution < 1.29 is 0 Å². The Hall–Kier alpha value is -1.88. The molecule has 0 radical (unpaired) electrons. The Morgan fingerprint density at radius 2 is 1.86 bits per heavy atom. The second kappa shape index (κ2) is 6.72. The van der Waals surface area contributed by atoms with E-state index in [1.807, 2.05) is 24.3 Å². The van der Waals surface area contributed by atoms with Gasteiger partial charge in [-0.05, 0) is 37.0 Å². The van der Waals surface area contributed by atoms with Gasteiger partial charge in [0.25, 0.3) is 0 Å². The van der Waals surface area contributed by atoms with Crippen molar-refractivity contribution in [1.29, 1.82) is 0 Å². The highest BCUT2D eigenvalue weighted by atomic mass is 35.5. The van der Waals surface area contributed by atoms with E-state index in [1.165, 1.54) is 19.3 Å². The predicted molar refractivity (Wildman–Crippen MR) is 84.7 cm³/mol. The molecule has 2 heterocycles. The number of nitrogens with zero attached hydrogens (tertiary/aromatic N) is 4. The summed E-state index contributed by atoms with van der Waals surface area (Å²) in [7, 11) is 0. The zero-order valence-corrected chi connectivity index (χ0v) is 12.6. The summed E-state index contributed by atoms with van der Waals surface area (Å²) in [5, 5.41) is 12.2. The Morgan fingerprint density at radius 3 is 2.62 bits per heavy atom. The fourth-order valence-electron chi connectivity index (χ4n) is 2.40. The smallest absolute Gasteiger partial charge is 0.247 e. The van der Waals surface area contributed by atoms with Crippen molar-refractivity contribution in [3.05, 3.63) is 41.0 Å². The van der Waals surface area contributed by atoms with Gasteiger partial charge < -0.3 is 10.2 Å². The van der Waals surface area contributed by atoms with Crippen molar-refractivity contribution in [2.24, 2.45) is 0 Å². The van der Waals surface area contributed by atoms with E-state index in [9.17, 15) is 0 Å². The SMILES string of the molecule is Clc1ccc(CNc2cnnc(N3CCCCC3)n2)cc1. The fourth-order valence-corrected chi connectivity index (χ4v) is 2.53. The first-order valence-electron chi connectivity index (χ1n) is 7.24. The van der Waals surface area contributed by atoms with Crippen LogP contribution in [0.4, 0.5) is 11.8 Å². The molecular weight excluding hydrogens is 286 g/mol. The third-order valence-corrected chi connectivity index (χ3v) is 3.83. The number of hydrogen-bond acceptors (Lipinski definition) is 5. The summed E-state index contributed by atoms with van der Waals surface area (Å²) < 4.78 is 0. The minimum atomic E-state index is 0.690. The molecule has 0 spiro atoms. The van der Waals surface area contributed by atoms with Crippen molar-refractivity contribution in [2.75, 3.05) is 23.3 Å². The highest BCUT2D eigenvalue weighted by molar-refractivity contribution is 6.30. The first kappa shape index (κ1) is 14.1. The molecule has 0 atom stereocenters. The monoisotopic (exact) mass is 303 g/mol. The molecule has 21 heavy (non-hydrogen) atoms. The van der Waals surface area contributed by atoms with Crippen LogP contribution in [0.1, 0.15) is 24.8 Å². The number of aromatic nitrogens is 3. The summed E-state index contributed by atoms with van der Waals surface area (Å²) in [5.41, 5.74) is 1.15. The topological polar surface area (TPSA) is 53.9 Å². The van der Waals surface area contributed by atoms with E-state index in [0.717, 1.165) is 35.4 Å². The second-order valence-corrected chi connectivity index (χ2v) is 5.61. The lowest BCUT2D eigenvalue weighted by atomic mass is 10.1. The lowest BCUT2D eigenvalue weighted by Crippen LogP contribution is -2.31. The van der Waals surface area contributed by atoms with Crippen LogP contribution in [0.3, 0.4) is 0 Å². The fraction of sp³-hybridized carbons (Fsp3) is 0.400. The standard InChI is InChI=1S/C15H18ClN5/c16-13-6-4-12(5-7-13)10-17-14-11-18-20-15(19-14)21-8-2-1-3-9-21/h4-7,11H,1-3,8-10H2,(H,17,19,20). The van der Waals surface area contributed by atoms with E-state index in [2.05, 4.69) is 25.4 Å². The van der Waals surface area contributed by atoms with Crippen LogP contribution in [-0.4, -0.2) is 28.3 Å². The summed E-state index contributed by atoms with van der Waals surface area (Å²) in [6, 6.07) is 7.76. The first-order chi connectivity index (χ1) is 10.3. The highest BCUT2D eigenvalue weighted by Crippen LogP contribution is 2.16. The summed E-state index contributed by atoms with van der Waals surface area (Å²) in [6.45, 7) is 2.72. The third kappa shape index (κ3) is 3.82. The zero-order chi connectivity index (χ0) is 14.5. The van der Waals surface area contributed by atoms with Gasteiger partial charge in [0.2, 0.25) is 5.95 Å². The van der Waals surface area contributed by atoms with E-state index in [-0.39, 0.29) is 0 Å². The van der Waals surface area contributed by atoms with Crippen LogP contribution in [0.15, 0.2) is 30.5 Å².